The number of carboxylic acids is 2. The number of rotatable bonds is 15. The van der Waals surface area contributed by atoms with E-state index in [1.54, 1.807) is 24.3 Å². The summed E-state index contributed by atoms with van der Waals surface area (Å²) in [5.41, 5.74) is -0.143. The summed E-state index contributed by atoms with van der Waals surface area (Å²) in [5.74, 6) is -2.21. The number of hydrogen-bond donors (Lipinski definition) is 2. The smallest absolute Gasteiger partial charge is 0.343 e. The molecule has 0 saturated carbocycles. The minimum atomic E-state index is -1.45. The third-order valence-corrected chi connectivity index (χ3v) is 4.42. The van der Waals surface area contributed by atoms with Crippen molar-refractivity contribution in [1.82, 2.24) is 0 Å². The van der Waals surface area contributed by atoms with E-state index < -0.39 is 17.5 Å². The van der Waals surface area contributed by atoms with Gasteiger partial charge in [-0.25, -0.2) is 9.59 Å². The molecule has 0 amide bonds. The Hall–Kier alpha value is -2.30. The summed E-state index contributed by atoms with van der Waals surface area (Å²) in [6.45, 7) is 2.89. The van der Waals surface area contributed by atoms with Gasteiger partial charge in [0.25, 0.3) is 0 Å². The highest BCUT2D eigenvalue weighted by atomic mass is 16.5. The Morgan fingerprint density at radius 3 is 1.78 bits per heavy atom. The van der Waals surface area contributed by atoms with E-state index in [1.807, 2.05) is 0 Å². The summed E-state index contributed by atoms with van der Waals surface area (Å²) in [7, 11) is 0. The van der Waals surface area contributed by atoms with Crippen LogP contribution in [-0.2, 0) is 9.59 Å². The van der Waals surface area contributed by atoms with E-state index in [0.717, 1.165) is 18.9 Å². The van der Waals surface area contributed by atoms with Crippen LogP contribution in [0.5, 0.6) is 5.75 Å². The van der Waals surface area contributed by atoms with Crippen LogP contribution >= 0.6 is 0 Å². The summed E-state index contributed by atoms with van der Waals surface area (Å²) in [4.78, 5) is 21.7. The van der Waals surface area contributed by atoms with Crippen LogP contribution in [-0.4, -0.2) is 28.8 Å². The van der Waals surface area contributed by atoms with Gasteiger partial charge in [-0.05, 0) is 30.2 Å². The average Bonchev–Trinajstić information content (AvgIpc) is 2.64. The van der Waals surface area contributed by atoms with Gasteiger partial charge in [-0.15, -0.1) is 0 Å². The second kappa shape index (κ2) is 13.8. The highest BCUT2D eigenvalue weighted by molar-refractivity contribution is 6.16. The van der Waals surface area contributed by atoms with Crippen molar-refractivity contribution in [2.45, 2.75) is 71.1 Å². The Balaban J connectivity index is 2.19. The maximum Gasteiger partial charge on any atom is 0.343 e. The molecule has 150 valence electrons. The summed E-state index contributed by atoms with van der Waals surface area (Å²) >= 11 is 0. The molecule has 0 spiro atoms. The molecule has 0 atom stereocenters. The van der Waals surface area contributed by atoms with Crippen molar-refractivity contribution in [3.8, 4) is 5.75 Å². The van der Waals surface area contributed by atoms with Crippen molar-refractivity contribution < 1.29 is 24.5 Å². The van der Waals surface area contributed by atoms with Gasteiger partial charge < -0.3 is 14.9 Å². The zero-order valence-electron chi connectivity index (χ0n) is 16.3. The lowest BCUT2D eigenvalue weighted by molar-refractivity contribution is -0.140. The van der Waals surface area contributed by atoms with E-state index >= 15 is 0 Å². The first-order chi connectivity index (χ1) is 13.0. The van der Waals surface area contributed by atoms with E-state index in [0.29, 0.717) is 17.9 Å². The second-order valence-electron chi connectivity index (χ2n) is 6.77. The molecule has 0 fully saturated rings. The van der Waals surface area contributed by atoms with Crippen molar-refractivity contribution >= 4 is 18.0 Å². The summed E-state index contributed by atoms with van der Waals surface area (Å²) in [6, 6.07) is 6.76. The molecule has 0 heterocycles. The SMILES string of the molecule is CCCCCCCCCCCCOc1ccc(C=C(C(=O)O)C(=O)O)cc1. The molecule has 27 heavy (non-hydrogen) atoms. The predicted molar refractivity (Wildman–Crippen MR) is 107 cm³/mol. The van der Waals surface area contributed by atoms with E-state index in [-0.39, 0.29) is 0 Å². The highest BCUT2D eigenvalue weighted by Gasteiger charge is 2.15. The zero-order chi connectivity index (χ0) is 19.9. The van der Waals surface area contributed by atoms with Crippen LogP contribution in [0.3, 0.4) is 0 Å². The molecule has 0 aliphatic heterocycles. The van der Waals surface area contributed by atoms with Crippen LogP contribution < -0.4 is 4.74 Å². The minimum absolute atomic E-state index is 0.515. The maximum atomic E-state index is 10.9. The van der Waals surface area contributed by atoms with Crippen molar-refractivity contribution in [2.24, 2.45) is 0 Å². The lowest BCUT2D eigenvalue weighted by atomic mass is 10.1. The number of ether oxygens (including phenoxy) is 1. The summed E-state index contributed by atoms with van der Waals surface area (Å²) < 4.78 is 5.68. The fraction of sp³-hybridized carbons (Fsp3) is 0.545. The number of benzene rings is 1. The fourth-order valence-corrected chi connectivity index (χ4v) is 2.82. The molecular weight excluding hydrogens is 344 g/mol. The van der Waals surface area contributed by atoms with Crippen LogP contribution in [0.25, 0.3) is 6.08 Å². The molecule has 1 aromatic carbocycles. The van der Waals surface area contributed by atoms with Gasteiger partial charge in [0.15, 0.2) is 0 Å². The molecular formula is C22H32O5. The third kappa shape index (κ3) is 10.4. The monoisotopic (exact) mass is 376 g/mol. The first-order valence-corrected chi connectivity index (χ1v) is 9.95. The standard InChI is InChI=1S/C22H32O5/c1-2-3-4-5-6-7-8-9-10-11-16-27-19-14-12-18(13-15-19)17-20(21(23)24)22(25)26/h12-15,17H,2-11,16H2,1H3,(H,23,24)(H,25,26). The van der Waals surface area contributed by atoms with Crippen LogP contribution in [0.15, 0.2) is 29.8 Å². The number of carboxylic acid groups (broad SMARTS) is 2. The van der Waals surface area contributed by atoms with Crippen molar-refractivity contribution in [2.75, 3.05) is 6.61 Å². The Kier molecular flexibility index (Phi) is 11.7. The number of aliphatic carboxylic acids is 2. The Bertz CT molecular complexity index is 573. The molecule has 1 aromatic rings. The van der Waals surface area contributed by atoms with Gasteiger partial charge in [0, 0.05) is 0 Å². The molecule has 0 unspecified atom stereocenters. The highest BCUT2D eigenvalue weighted by Crippen LogP contribution is 2.16. The zero-order valence-corrected chi connectivity index (χ0v) is 16.3. The van der Waals surface area contributed by atoms with Gasteiger partial charge >= 0.3 is 11.9 Å². The van der Waals surface area contributed by atoms with Crippen LogP contribution in [0, 0.1) is 0 Å². The molecule has 0 radical (unpaired) electrons. The number of hydrogen-bond acceptors (Lipinski definition) is 3. The third-order valence-electron chi connectivity index (χ3n) is 4.42. The minimum Gasteiger partial charge on any atom is -0.494 e. The van der Waals surface area contributed by atoms with E-state index in [2.05, 4.69) is 6.92 Å². The normalized spacial score (nSPS) is 10.4. The van der Waals surface area contributed by atoms with Crippen molar-refractivity contribution in [1.29, 1.82) is 0 Å². The topological polar surface area (TPSA) is 83.8 Å². The molecule has 5 heteroatoms. The Morgan fingerprint density at radius 1 is 0.815 bits per heavy atom. The van der Waals surface area contributed by atoms with Crippen LogP contribution in [0.1, 0.15) is 76.7 Å². The average molecular weight is 376 g/mol. The van der Waals surface area contributed by atoms with Gasteiger partial charge in [-0.2, -0.15) is 0 Å². The quantitative estimate of drug-likeness (QED) is 0.182. The number of carbonyl (C=O) groups is 2. The van der Waals surface area contributed by atoms with Gasteiger partial charge in [0.05, 0.1) is 6.61 Å². The summed E-state index contributed by atoms with van der Waals surface area (Å²) in [5, 5.41) is 17.7. The molecule has 5 nitrogen and oxygen atoms in total. The molecule has 0 bridgehead atoms. The Labute approximate surface area is 162 Å². The summed E-state index contributed by atoms with van der Waals surface area (Å²) in [6.07, 6.45) is 13.9. The molecule has 0 aliphatic carbocycles. The van der Waals surface area contributed by atoms with Gasteiger partial charge in [0.1, 0.15) is 11.3 Å². The van der Waals surface area contributed by atoms with E-state index in [1.165, 1.54) is 51.4 Å². The van der Waals surface area contributed by atoms with Gasteiger partial charge in [-0.1, -0.05) is 76.8 Å². The fourth-order valence-electron chi connectivity index (χ4n) is 2.82. The van der Waals surface area contributed by atoms with Crippen molar-refractivity contribution in [3.05, 3.63) is 35.4 Å². The predicted octanol–water partition coefficient (Wildman–Crippen LogP) is 5.54. The van der Waals surface area contributed by atoms with Gasteiger partial charge in [-0.3, -0.25) is 0 Å². The first-order valence-electron chi connectivity index (χ1n) is 9.95. The van der Waals surface area contributed by atoms with E-state index in [4.69, 9.17) is 14.9 Å². The molecule has 0 aromatic heterocycles. The van der Waals surface area contributed by atoms with Crippen LogP contribution in [0.2, 0.25) is 0 Å². The largest absolute Gasteiger partial charge is 0.494 e. The molecule has 0 saturated heterocycles. The Morgan fingerprint density at radius 2 is 1.30 bits per heavy atom. The first kappa shape index (κ1) is 22.7. The molecule has 1 rings (SSSR count). The van der Waals surface area contributed by atoms with Crippen molar-refractivity contribution in [3.63, 3.8) is 0 Å². The van der Waals surface area contributed by atoms with Gasteiger partial charge in [0.2, 0.25) is 0 Å². The lowest BCUT2D eigenvalue weighted by Crippen LogP contribution is -2.10. The molecule has 0 aliphatic rings. The van der Waals surface area contributed by atoms with Crippen LogP contribution in [0.4, 0.5) is 0 Å². The maximum absolute atomic E-state index is 10.9. The number of unbranched alkanes of at least 4 members (excludes halogenated alkanes) is 9. The second-order valence-corrected chi connectivity index (χ2v) is 6.77. The van der Waals surface area contributed by atoms with E-state index in [9.17, 15) is 9.59 Å². The molecule has 2 N–H and O–H groups in total. The lowest BCUT2D eigenvalue weighted by Gasteiger charge is -2.07.